The Morgan fingerprint density at radius 3 is 2.65 bits per heavy atom. The third kappa shape index (κ3) is 3.55. The number of hydrogen-bond acceptors (Lipinski definition) is 4. The molecule has 1 unspecified atom stereocenters. The monoisotopic (exact) mass is 273 g/mol. The third-order valence-corrected chi connectivity index (χ3v) is 3.89. The lowest BCUT2D eigenvalue weighted by atomic mass is 9.79. The van der Waals surface area contributed by atoms with Crippen molar-refractivity contribution in [1.82, 2.24) is 4.81 Å². The van der Waals surface area contributed by atoms with Gasteiger partial charge in [-0.05, 0) is 26.8 Å². The minimum atomic E-state index is -0.569. The average Bonchev–Trinajstić information content (AvgIpc) is 2.41. The lowest BCUT2D eigenvalue weighted by Crippen LogP contribution is -2.48. The van der Waals surface area contributed by atoms with Crippen LogP contribution >= 0.6 is 0 Å². The highest BCUT2D eigenvalue weighted by molar-refractivity contribution is 6.45. The summed E-state index contributed by atoms with van der Waals surface area (Å²) in [5.74, 6) is -0.176. The fourth-order valence-electron chi connectivity index (χ4n) is 2.53. The number of carbonyl (C=O) groups is 2. The molecular weight excluding hydrogens is 253 g/mol. The van der Waals surface area contributed by atoms with Gasteiger partial charge in [0.25, 0.3) is 0 Å². The maximum atomic E-state index is 12.2. The molecule has 1 heterocycles. The predicted octanol–water partition coefficient (Wildman–Crippen LogP) is 1.57. The van der Waals surface area contributed by atoms with Crippen LogP contribution in [0.15, 0.2) is 24.3 Å². The summed E-state index contributed by atoms with van der Waals surface area (Å²) in [6.45, 7) is 4.70. The Labute approximate surface area is 119 Å². The van der Waals surface area contributed by atoms with E-state index in [0.29, 0.717) is 25.1 Å². The molecule has 0 bridgehead atoms. The minimum Gasteiger partial charge on any atom is -0.437 e. The maximum absolute atomic E-state index is 12.2. The largest absolute Gasteiger partial charge is 0.437 e. The molecule has 2 rings (SSSR count). The summed E-state index contributed by atoms with van der Waals surface area (Å²) in [6, 6.07) is 7.41. The van der Waals surface area contributed by atoms with Gasteiger partial charge in [-0.25, -0.2) is 0 Å². The molecule has 1 saturated heterocycles. The molecule has 1 aromatic carbocycles. The van der Waals surface area contributed by atoms with E-state index in [2.05, 4.69) is 0 Å². The van der Waals surface area contributed by atoms with E-state index >= 15 is 0 Å². The third-order valence-electron chi connectivity index (χ3n) is 3.89. The van der Waals surface area contributed by atoms with E-state index in [-0.39, 0.29) is 23.9 Å². The van der Waals surface area contributed by atoms with Gasteiger partial charge in [-0.1, -0.05) is 29.8 Å². The second-order valence-electron chi connectivity index (χ2n) is 5.53. The van der Waals surface area contributed by atoms with E-state index in [1.165, 1.54) is 0 Å². The summed E-state index contributed by atoms with van der Waals surface area (Å²) in [4.78, 5) is 26.0. The van der Waals surface area contributed by atoms with Crippen LogP contribution in [0.4, 0.5) is 0 Å². The first kappa shape index (κ1) is 14.9. The molecule has 0 aromatic heterocycles. The van der Waals surface area contributed by atoms with Crippen LogP contribution in [0.5, 0.6) is 0 Å². The van der Waals surface area contributed by atoms with Gasteiger partial charge >= 0.3 is 7.05 Å². The smallest absolute Gasteiger partial charge is 0.376 e. The number of Topliss-reactive ketones (excluding diaryl/α,β-unsaturated/α-hetero) is 2. The normalized spacial score (nSPS) is 19.9. The summed E-state index contributed by atoms with van der Waals surface area (Å²) < 4.78 is 0. The highest BCUT2D eigenvalue weighted by Gasteiger charge is 2.31. The zero-order valence-corrected chi connectivity index (χ0v) is 12.0. The summed E-state index contributed by atoms with van der Waals surface area (Å²) in [7, 11) is -0.569. The molecule has 1 aromatic rings. The van der Waals surface area contributed by atoms with Crippen molar-refractivity contribution in [2.45, 2.75) is 26.6 Å². The van der Waals surface area contributed by atoms with Crippen molar-refractivity contribution in [2.24, 2.45) is 5.92 Å². The molecule has 4 nitrogen and oxygen atoms in total. The molecule has 1 aliphatic rings. The highest BCUT2D eigenvalue weighted by Crippen LogP contribution is 2.19. The van der Waals surface area contributed by atoms with Crippen LogP contribution in [0.3, 0.4) is 0 Å². The van der Waals surface area contributed by atoms with Gasteiger partial charge in [-0.2, -0.15) is 0 Å². The molecular formula is C15H20BNO3. The van der Waals surface area contributed by atoms with Crippen molar-refractivity contribution in [2.75, 3.05) is 13.1 Å². The van der Waals surface area contributed by atoms with Crippen molar-refractivity contribution in [3.63, 3.8) is 0 Å². The van der Waals surface area contributed by atoms with Crippen LogP contribution in [0.1, 0.15) is 28.8 Å². The lowest BCUT2D eigenvalue weighted by molar-refractivity contribution is -0.125. The molecule has 0 radical (unpaired) electrons. The van der Waals surface area contributed by atoms with Crippen molar-refractivity contribution >= 4 is 18.6 Å². The number of rotatable bonds is 4. The molecule has 0 aliphatic carbocycles. The number of piperidine rings is 1. The number of aryl methyl sites for hydroxylation is 1. The Morgan fingerprint density at radius 2 is 2.05 bits per heavy atom. The topological polar surface area (TPSA) is 57.6 Å². The van der Waals surface area contributed by atoms with Gasteiger partial charge in [0.1, 0.15) is 5.78 Å². The van der Waals surface area contributed by atoms with Crippen LogP contribution in [-0.2, 0) is 4.79 Å². The lowest BCUT2D eigenvalue weighted by Gasteiger charge is -2.32. The fraction of sp³-hybridized carbons (Fsp3) is 0.467. The molecule has 0 saturated carbocycles. The highest BCUT2D eigenvalue weighted by atomic mass is 16.2. The molecule has 1 aliphatic heterocycles. The SMILES string of the molecule is CB(O)N1CCC(=O)C(CC(=O)c2ccc(C)cc2)C1. The van der Waals surface area contributed by atoms with Gasteiger partial charge in [0.2, 0.25) is 0 Å². The molecule has 1 atom stereocenters. The molecule has 5 heteroatoms. The zero-order valence-electron chi connectivity index (χ0n) is 12.0. The van der Waals surface area contributed by atoms with Gasteiger partial charge in [0.15, 0.2) is 5.78 Å². The van der Waals surface area contributed by atoms with Gasteiger partial charge in [0, 0.05) is 24.3 Å². The van der Waals surface area contributed by atoms with E-state index in [1.54, 1.807) is 19.0 Å². The van der Waals surface area contributed by atoms with Crippen LogP contribution in [0.2, 0.25) is 6.82 Å². The molecule has 0 spiro atoms. The van der Waals surface area contributed by atoms with Crippen molar-refractivity contribution < 1.29 is 14.6 Å². The Morgan fingerprint density at radius 1 is 1.40 bits per heavy atom. The molecule has 20 heavy (non-hydrogen) atoms. The predicted molar refractivity (Wildman–Crippen MR) is 78.7 cm³/mol. The van der Waals surface area contributed by atoms with Crippen molar-refractivity contribution in [1.29, 1.82) is 0 Å². The quantitative estimate of drug-likeness (QED) is 0.668. The van der Waals surface area contributed by atoms with E-state index in [1.807, 2.05) is 23.9 Å². The molecule has 0 amide bonds. The van der Waals surface area contributed by atoms with Crippen LogP contribution in [0, 0.1) is 12.8 Å². The molecule has 1 fully saturated rings. The number of hydrogen-bond donors (Lipinski definition) is 1. The van der Waals surface area contributed by atoms with Crippen LogP contribution in [0.25, 0.3) is 0 Å². The van der Waals surface area contributed by atoms with E-state index < -0.39 is 7.05 Å². The molecule has 1 N–H and O–H groups in total. The summed E-state index contributed by atoms with van der Waals surface area (Å²) in [6.07, 6.45) is 0.641. The van der Waals surface area contributed by atoms with Gasteiger partial charge < -0.3 is 9.83 Å². The summed E-state index contributed by atoms with van der Waals surface area (Å²) >= 11 is 0. The number of benzene rings is 1. The van der Waals surface area contributed by atoms with Crippen molar-refractivity contribution in [3.8, 4) is 0 Å². The Bertz CT molecular complexity index is 498. The molecule has 106 valence electrons. The van der Waals surface area contributed by atoms with Gasteiger partial charge in [-0.3, -0.25) is 9.59 Å². The van der Waals surface area contributed by atoms with Gasteiger partial charge in [0.05, 0.1) is 0 Å². The Kier molecular flexibility index (Phi) is 4.73. The summed E-state index contributed by atoms with van der Waals surface area (Å²) in [5.41, 5.74) is 1.76. The Hall–Kier alpha value is -1.46. The van der Waals surface area contributed by atoms with E-state index in [0.717, 1.165) is 5.56 Å². The van der Waals surface area contributed by atoms with Crippen LogP contribution < -0.4 is 0 Å². The van der Waals surface area contributed by atoms with E-state index in [9.17, 15) is 14.6 Å². The first-order chi connectivity index (χ1) is 9.47. The van der Waals surface area contributed by atoms with Gasteiger partial charge in [-0.15, -0.1) is 0 Å². The van der Waals surface area contributed by atoms with E-state index in [4.69, 9.17) is 0 Å². The number of nitrogens with zero attached hydrogens (tertiary/aromatic N) is 1. The number of carbonyl (C=O) groups excluding carboxylic acids is 2. The standard InChI is InChI=1S/C15H20BNO3/c1-11-3-5-12(6-4-11)15(19)9-13-10-17(16(2)20)8-7-14(13)18/h3-6,13,20H,7-10H2,1-2H3. The second kappa shape index (κ2) is 6.33. The maximum Gasteiger partial charge on any atom is 0.376 e. The summed E-state index contributed by atoms with van der Waals surface area (Å²) in [5, 5.41) is 9.59. The van der Waals surface area contributed by atoms with Crippen molar-refractivity contribution in [3.05, 3.63) is 35.4 Å². The van der Waals surface area contributed by atoms with Crippen LogP contribution in [-0.4, -0.2) is 41.5 Å². The fourth-order valence-corrected chi connectivity index (χ4v) is 2.53. The first-order valence-electron chi connectivity index (χ1n) is 7.02. The average molecular weight is 273 g/mol. The minimum absolute atomic E-state index is 0.00390. The second-order valence-corrected chi connectivity index (χ2v) is 5.53. The zero-order chi connectivity index (χ0) is 14.7. The Balaban J connectivity index is 2.02. The number of ketones is 2. The first-order valence-corrected chi connectivity index (χ1v) is 7.02.